The van der Waals surface area contributed by atoms with Gasteiger partial charge in [-0.25, -0.2) is 29.9 Å². The van der Waals surface area contributed by atoms with Gasteiger partial charge in [0.05, 0.1) is 77.5 Å². The van der Waals surface area contributed by atoms with Crippen molar-refractivity contribution in [3.8, 4) is 45.6 Å². The summed E-state index contributed by atoms with van der Waals surface area (Å²) < 4.78 is 103. The van der Waals surface area contributed by atoms with Gasteiger partial charge in [0.2, 0.25) is 0 Å². The molecule has 0 aliphatic carbocycles. The van der Waals surface area contributed by atoms with Gasteiger partial charge in [-0.15, -0.1) is 0 Å². The van der Waals surface area contributed by atoms with Crippen molar-refractivity contribution in [1.29, 1.82) is 0 Å². The van der Waals surface area contributed by atoms with Gasteiger partial charge < -0.3 is 46.2 Å². The molecule has 5 heterocycles. The molecule has 0 saturated heterocycles. The molecule has 24 heteroatoms. The number of nitrogens with one attached hydrogen (secondary N) is 2. The van der Waals surface area contributed by atoms with Crippen LogP contribution in [-0.4, -0.2) is 92.7 Å². The van der Waals surface area contributed by atoms with Crippen LogP contribution in [0.4, 0.5) is 0 Å². The first kappa shape index (κ1) is 59.5. The Morgan fingerprint density at radius 3 is 0.775 bits per heavy atom. The Hall–Kier alpha value is -5.16. The van der Waals surface area contributed by atoms with Crippen molar-refractivity contribution in [3.63, 3.8) is 0 Å². The van der Waals surface area contributed by atoms with Gasteiger partial charge in [-0.05, 0) is 176 Å². The second-order valence-electron chi connectivity index (χ2n) is 19.3. The largest absolute Gasteiger partial charge is 0.335 e. The van der Waals surface area contributed by atoms with Crippen LogP contribution in [0.15, 0.2) is 48.5 Å². The number of rotatable bonds is 24. The first-order valence-electron chi connectivity index (χ1n) is 27.1. The lowest BCUT2D eigenvalue weighted by molar-refractivity contribution is 0.218. The number of hydrogen-bond donors (Lipinski definition) is 2. The normalized spacial score (nSPS) is 12.9. The summed E-state index contributed by atoms with van der Waals surface area (Å²) in [5.74, 6) is 1.24. The third kappa shape index (κ3) is 12.3. The molecule has 2 aliphatic rings. The fourth-order valence-corrected chi connectivity index (χ4v) is 17.4. The molecule has 8 bridgehead atoms. The number of aryl methyl sites for hydroxylation is 4. The van der Waals surface area contributed by atoms with E-state index in [0.29, 0.717) is 101 Å². The lowest BCUT2D eigenvalue weighted by Gasteiger charge is -2.18. The highest BCUT2D eigenvalue weighted by atomic mass is 31.2. The molecule has 0 fully saturated rings. The lowest BCUT2D eigenvalue weighted by Crippen LogP contribution is -2.01. The maximum atomic E-state index is 14.1. The van der Waals surface area contributed by atoms with Gasteiger partial charge in [0.1, 0.15) is 22.6 Å². The molecule has 2 aliphatic heterocycles. The Kier molecular flexibility index (Phi) is 18.1. The molecule has 2 N–H and O–H groups in total. The minimum Gasteiger partial charge on any atom is -0.324 e. The molecule has 0 amide bonds. The predicted molar refractivity (Wildman–Crippen MR) is 313 cm³/mol. The van der Waals surface area contributed by atoms with Crippen molar-refractivity contribution in [3.05, 3.63) is 93.0 Å². The molecule has 7 aromatic rings. The smallest absolute Gasteiger partial charge is 0.324 e. The van der Waals surface area contributed by atoms with Crippen molar-refractivity contribution in [2.75, 3.05) is 52.9 Å². The van der Waals surface area contributed by atoms with E-state index in [4.69, 9.17) is 66.1 Å². The Balaban J connectivity index is 1.41. The zero-order valence-electron chi connectivity index (χ0n) is 47.5. The quantitative estimate of drug-likeness (QED) is 0.0533. The van der Waals surface area contributed by atoms with E-state index >= 15 is 0 Å². The van der Waals surface area contributed by atoms with Crippen molar-refractivity contribution in [2.24, 2.45) is 0 Å². The standard InChI is InChI=1S/C56H70N8O12P4/c1-13-69-77(65,70-14-2)29-37-25-45-41(21-33(37)9)49-57-53(45)61-50-42-22-34(10)38(30-78(66,71-15-3)72-16-4)26-46(42)55(58-50)63-52-44-24-36(12)40(32-80(68,75-19-7)76-20-8)28-48(44)56(60-52)64-51-43-23-35(11)39(27-47(43)54(59-51)62-49)31-79(67,73-17-5)74-18-6/h21-28H,13-20,29-32H2,1-12H3,(H2,57,58,59,60,61,62,63,64). The molecule has 3 aromatic heterocycles. The molecule has 0 radical (unpaired) electrons. The maximum absolute atomic E-state index is 14.1. The summed E-state index contributed by atoms with van der Waals surface area (Å²) in [5.41, 5.74) is 10.2. The number of benzene rings is 4. The van der Waals surface area contributed by atoms with Crippen LogP contribution in [0.3, 0.4) is 0 Å². The molecule has 4 aromatic carbocycles. The van der Waals surface area contributed by atoms with Crippen molar-refractivity contribution in [2.45, 2.75) is 108 Å². The Morgan fingerprint density at radius 1 is 0.312 bits per heavy atom. The van der Waals surface area contributed by atoms with E-state index in [1.54, 1.807) is 55.4 Å². The second kappa shape index (κ2) is 24.4. The van der Waals surface area contributed by atoms with E-state index in [1.807, 2.05) is 76.2 Å². The van der Waals surface area contributed by atoms with Gasteiger partial charge in [-0.3, -0.25) is 18.3 Å². The molecule has 20 nitrogen and oxygen atoms in total. The number of fused-ring (bicyclic) bond motifs is 20. The zero-order chi connectivity index (χ0) is 57.3. The van der Waals surface area contributed by atoms with Gasteiger partial charge in [0, 0.05) is 43.8 Å². The van der Waals surface area contributed by atoms with Crippen LogP contribution in [0.2, 0.25) is 0 Å². The first-order valence-corrected chi connectivity index (χ1v) is 34.0. The average Bonchev–Trinajstić information content (AvgIpc) is 4.09. The number of aromatic nitrogens is 8. The highest BCUT2D eigenvalue weighted by Crippen LogP contribution is 2.56. The van der Waals surface area contributed by atoms with Crippen LogP contribution < -0.4 is 0 Å². The van der Waals surface area contributed by atoms with Gasteiger partial charge in [-0.2, -0.15) is 0 Å². The average molecular weight is 1170 g/mol. The predicted octanol–water partition coefficient (Wildman–Crippen LogP) is 15.2. The number of H-pyrrole nitrogens is 2. The van der Waals surface area contributed by atoms with Crippen molar-refractivity contribution in [1.82, 2.24) is 39.9 Å². The van der Waals surface area contributed by atoms with Gasteiger partial charge in [0.15, 0.2) is 23.3 Å². The third-order valence-corrected chi connectivity index (χ3v) is 21.8. The summed E-state index contributed by atoms with van der Waals surface area (Å²) in [6.07, 6.45) is 0.00940. The maximum Gasteiger partial charge on any atom is 0.335 e. The SMILES string of the molecule is CCOP(=O)(Cc1cc2c(cc1C)-c1nc-2nc2[nH]c(nc3nc(nc4[nH]c(n1)c1cc(CP(=O)(OCC)OCC)c(C)cc41)-c1cc(CP(=O)(OCC)OCC)c(C)cc1-3)c1cc(CP(=O)(OCC)OCC)c(C)cc21)OCC. The third-order valence-electron chi connectivity index (χ3n) is 13.7. The van der Waals surface area contributed by atoms with Crippen molar-refractivity contribution >= 4 is 74.5 Å². The number of nitrogens with zero attached hydrogens (tertiary/aromatic N) is 6. The number of hydrogen-bond acceptors (Lipinski definition) is 18. The Bertz CT molecular complexity index is 3630. The van der Waals surface area contributed by atoms with Crippen LogP contribution in [0.1, 0.15) is 99.9 Å². The summed E-state index contributed by atoms with van der Waals surface area (Å²) in [6.45, 7) is 23.5. The van der Waals surface area contributed by atoms with Gasteiger partial charge in [0.25, 0.3) is 0 Å². The highest BCUT2D eigenvalue weighted by molar-refractivity contribution is 7.53. The van der Waals surface area contributed by atoms with Crippen LogP contribution in [0.5, 0.6) is 0 Å². The number of aromatic amines is 2. The molecule has 0 saturated carbocycles. The van der Waals surface area contributed by atoms with Crippen LogP contribution in [0.25, 0.3) is 89.7 Å². The van der Waals surface area contributed by atoms with Crippen LogP contribution in [-0.2, 0) is 79.1 Å². The van der Waals surface area contributed by atoms with Crippen LogP contribution >= 0.6 is 30.4 Å². The van der Waals surface area contributed by atoms with E-state index in [9.17, 15) is 18.3 Å². The molecule has 9 rings (SSSR count). The summed E-state index contributed by atoms with van der Waals surface area (Å²) in [4.78, 5) is 38.6. The fraction of sp³-hybridized carbons (Fsp3) is 0.429. The minimum atomic E-state index is -3.57. The molecule has 426 valence electrons. The summed E-state index contributed by atoms with van der Waals surface area (Å²) in [5, 5.41) is 2.64. The first-order chi connectivity index (χ1) is 38.2. The topological polar surface area (TPSA) is 251 Å². The molecule has 0 unspecified atom stereocenters. The molecule has 80 heavy (non-hydrogen) atoms. The monoisotopic (exact) mass is 1170 g/mol. The second-order valence-corrected chi connectivity index (χ2v) is 27.5. The molecule has 0 spiro atoms. The van der Waals surface area contributed by atoms with Gasteiger partial charge >= 0.3 is 30.4 Å². The van der Waals surface area contributed by atoms with E-state index in [1.165, 1.54) is 0 Å². The zero-order valence-corrected chi connectivity index (χ0v) is 51.1. The van der Waals surface area contributed by atoms with Crippen LogP contribution in [0, 0.1) is 27.7 Å². The summed E-state index contributed by atoms with van der Waals surface area (Å²) in [6, 6.07) is 15.5. The minimum absolute atomic E-state index is 0.000663. The Morgan fingerprint density at radius 2 is 0.525 bits per heavy atom. The molecule has 0 atom stereocenters. The molecular weight excluding hydrogens is 1100 g/mol. The summed E-state index contributed by atoms with van der Waals surface area (Å²) >= 11 is 0. The Labute approximate surface area is 466 Å². The molecular formula is C56H70N8O12P4. The highest BCUT2D eigenvalue weighted by Gasteiger charge is 2.32. The van der Waals surface area contributed by atoms with Gasteiger partial charge in [-0.1, -0.05) is 0 Å². The summed E-state index contributed by atoms with van der Waals surface area (Å²) in [7, 11) is -14.3. The van der Waals surface area contributed by atoms with E-state index in [-0.39, 0.29) is 77.5 Å². The van der Waals surface area contributed by atoms with E-state index < -0.39 is 30.4 Å². The fourth-order valence-electron chi connectivity index (χ4n) is 10.2. The van der Waals surface area contributed by atoms with E-state index in [2.05, 4.69) is 9.97 Å². The lowest BCUT2D eigenvalue weighted by atomic mass is 10.0. The van der Waals surface area contributed by atoms with Crippen molar-refractivity contribution < 1.29 is 54.5 Å². The van der Waals surface area contributed by atoms with E-state index in [0.717, 1.165) is 33.4 Å².